The van der Waals surface area contributed by atoms with Crippen LogP contribution in [0.4, 0.5) is 32.3 Å². The van der Waals surface area contributed by atoms with Gasteiger partial charge in [-0.15, -0.1) is 0 Å². The summed E-state index contributed by atoms with van der Waals surface area (Å²) in [5.74, 6) is 0. The van der Waals surface area contributed by atoms with Gasteiger partial charge in [0.25, 0.3) is 11.4 Å². The average Bonchev–Trinajstić information content (AvgIpc) is 2.74. The third-order valence-corrected chi connectivity index (χ3v) is 4.52. The zero-order valence-electron chi connectivity index (χ0n) is 21.1. The lowest BCUT2D eigenvalue weighted by molar-refractivity contribution is -0.385. The highest BCUT2D eigenvalue weighted by Gasteiger charge is 2.28. The van der Waals surface area contributed by atoms with Gasteiger partial charge in [0.15, 0.2) is 0 Å². The average molecular weight is 503 g/mol. The Hall–Kier alpha value is -4.22. The molecule has 36 heavy (non-hydrogen) atoms. The summed E-state index contributed by atoms with van der Waals surface area (Å²) in [4.78, 5) is 49.5. The number of carbonyl (C=O) groups is 2. The number of non-ortho nitro benzene ring substituents is 2. The molecule has 12 heteroatoms. The Morgan fingerprint density at radius 2 is 0.944 bits per heavy atom. The van der Waals surface area contributed by atoms with Gasteiger partial charge < -0.3 is 9.47 Å². The number of rotatable bonds is 7. The second kappa shape index (κ2) is 11.0. The predicted octanol–water partition coefficient (Wildman–Crippen LogP) is 5.69. The zero-order valence-corrected chi connectivity index (χ0v) is 21.1. The van der Waals surface area contributed by atoms with Crippen LogP contribution in [0.25, 0.3) is 0 Å². The maximum absolute atomic E-state index is 13.0. The second-order valence-corrected chi connectivity index (χ2v) is 9.81. The van der Waals surface area contributed by atoms with E-state index in [0.29, 0.717) is 11.4 Å². The minimum atomic E-state index is -0.820. The Morgan fingerprint density at radius 1 is 0.667 bits per heavy atom. The molecule has 0 aliphatic rings. The first kappa shape index (κ1) is 28.0. The van der Waals surface area contributed by atoms with Gasteiger partial charge in [-0.3, -0.25) is 30.0 Å². The van der Waals surface area contributed by atoms with E-state index in [2.05, 4.69) is 0 Å². The minimum Gasteiger partial charge on any atom is -0.443 e. The van der Waals surface area contributed by atoms with Crippen molar-refractivity contribution in [3.05, 3.63) is 68.8 Å². The SMILES string of the molecule is CC(C)(C)OC(=O)N(CCN(C(=O)OC(C)(C)C)c1ccc([N+](=O)[O-])cc1)c1ccc([N+](=O)[O-])cc1. The number of hydrogen-bond acceptors (Lipinski definition) is 8. The topological polar surface area (TPSA) is 145 Å². The number of hydrogen-bond donors (Lipinski definition) is 0. The quantitative estimate of drug-likeness (QED) is 0.347. The first-order chi connectivity index (χ1) is 16.6. The zero-order chi connectivity index (χ0) is 27.3. The van der Waals surface area contributed by atoms with Gasteiger partial charge in [0.1, 0.15) is 11.2 Å². The smallest absolute Gasteiger partial charge is 0.414 e. The van der Waals surface area contributed by atoms with E-state index in [1.54, 1.807) is 41.5 Å². The number of anilines is 2. The standard InChI is InChI=1S/C24H30N4O8/c1-23(2,3)35-21(29)25(17-7-11-19(12-8-17)27(31)32)15-16-26(22(30)36-24(4,5)6)18-9-13-20(14-10-18)28(33)34/h7-14H,15-16H2,1-6H3. The number of nitro benzene ring substituents is 2. The summed E-state index contributed by atoms with van der Waals surface area (Å²) in [6.45, 7) is 10.1. The molecule has 0 aliphatic heterocycles. The summed E-state index contributed by atoms with van der Waals surface area (Å²) < 4.78 is 11.0. The molecule has 2 aromatic rings. The number of nitro groups is 2. The normalized spacial score (nSPS) is 11.4. The molecule has 0 saturated heterocycles. The van der Waals surface area contributed by atoms with E-state index in [1.165, 1.54) is 58.3 Å². The van der Waals surface area contributed by atoms with Crippen LogP contribution in [0.5, 0.6) is 0 Å². The molecular formula is C24H30N4O8. The molecule has 0 aromatic heterocycles. The molecule has 0 radical (unpaired) electrons. The number of amides is 2. The highest BCUT2D eigenvalue weighted by atomic mass is 16.6. The van der Waals surface area contributed by atoms with Crippen molar-refractivity contribution in [2.24, 2.45) is 0 Å². The van der Waals surface area contributed by atoms with E-state index in [0.717, 1.165) is 0 Å². The highest BCUT2D eigenvalue weighted by molar-refractivity contribution is 5.90. The Morgan fingerprint density at radius 3 is 1.17 bits per heavy atom. The van der Waals surface area contributed by atoms with E-state index in [1.807, 2.05) is 0 Å². The Balaban J connectivity index is 2.40. The van der Waals surface area contributed by atoms with E-state index in [-0.39, 0.29) is 24.5 Å². The van der Waals surface area contributed by atoms with Crippen LogP contribution in [0.1, 0.15) is 41.5 Å². The van der Waals surface area contributed by atoms with Gasteiger partial charge in [-0.25, -0.2) is 9.59 Å². The number of ether oxygens (including phenoxy) is 2. The lowest BCUT2D eigenvalue weighted by Crippen LogP contribution is -2.44. The third kappa shape index (κ3) is 8.22. The van der Waals surface area contributed by atoms with Crippen molar-refractivity contribution in [3.8, 4) is 0 Å². The molecule has 0 atom stereocenters. The van der Waals surface area contributed by atoms with Gasteiger partial charge in [-0.2, -0.15) is 0 Å². The summed E-state index contributed by atoms with van der Waals surface area (Å²) in [5.41, 5.74) is -1.29. The number of benzene rings is 2. The van der Waals surface area contributed by atoms with Gasteiger partial charge in [-0.05, 0) is 65.8 Å². The van der Waals surface area contributed by atoms with Crippen molar-refractivity contribution in [2.75, 3.05) is 22.9 Å². The van der Waals surface area contributed by atoms with E-state index >= 15 is 0 Å². The summed E-state index contributed by atoms with van der Waals surface area (Å²) >= 11 is 0. The van der Waals surface area contributed by atoms with Crippen LogP contribution < -0.4 is 9.80 Å². The van der Waals surface area contributed by atoms with Gasteiger partial charge in [0.2, 0.25) is 0 Å². The van der Waals surface area contributed by atoms with Crippen molar-refractivity contribution < 1.29 is 28.9 Å². The van der Waals surface area contributed by atoms with Crippen molar-refractivity contribution >= 4 is 34.9 Å². The fourth-order valence-corrected chi connectivity index (χ4v) is 2.99. The maximum atomic E-state index is 13.0. The van der Waals surface area contributed by atoms with Crippen molar-refractivity contribution in [2.45, 2.75) is 52.7 Å². The molecule has 2 amide bonds. The fraction of sp³-hybridized carbons (Fsp3) is 0.417. The van der Waals surface area contributed by atoms with Gasteiger partial charge in [0.05, 0.1) is 9.85 Å². The molecule has 12 nitrogen and oxygen atoms in total. The first-order valence-corrected chi connectivity index (χ1v) is 11.1. The van der Waals surface area contributed by atoms with Crippen molar-refractivity contribution in [3.63, 3.8) is 0 Å². The Kier molecular flexibility index (Phi) is 8.57. The Bertz CT molecular complexity index is 1010. The molecule has 0 heterocycles. The largest absolute Gasteiger partial charge is 0.443 e. The van der Waals surface area contributed by atoms with Crippen molar-refractivity contribution in [1.29, 1.82) is 0 Å². The first-order valence-electron chi connectivity index (χ1n) is 11.1. The molecule has 2 rings (SSSR count). The molecule has 0 saturated carbocycles. The fourth-order valence-electron chi connectivity index (χ4n) is 2.99. The van der Waals surface area contributed by atoms with Crippen molar-refractivity contribution in [1.82, 2.24) is 0 Å². The van der Waals surface area contributed by atoms with Gasteiger partial charge in [-0.1, -0.05) is 0 Å². The molecular weight excluding hydrogens is 472 g/mol. The van der Waals surface area contributed by atoms with E-state index in [9.17, 15) is 29.8 Å². The molecule has 0 unspecified atom stereocenters. The summed E-state index contributed by atoms with van der Waals surface area (Å²) in [6.07, 6.45) is -1.44. The molecule has 194 valence electrons. The molecule has 0 fully saturated rings. The highest BCUT2D eigenvalue weighted by Crippen LogP contribution is 2.25. The summed E-state index contributed by atoms with van der Waals surface area (Å²) in [7, 11) is 0. The van der Waals surface area contributed by atoms with Crippen LogP contribution in [0.2, 0.25) is 0 Å². The lowest BCUT2D eigenvalue weighted by Gasteiger charge is -2.31. The van der Waals surface area contributed by atoms with E-state index < -0.39 is 33.2 Å². The third-order valence-electron chi connectivity index (χ3n) is 4.52. The van der Waals surface area contributed by atoms with Crippen LogP contribution in [-0.2, 0) is 9.47 Å². The minimum absolute atomic E-state index is 0.0665. The van der Waals surface area contributed by atoms with Crippen LogP contribution >= 0.6 is 0 Å². The van der Waals surface area contributed by atoms with Crippen LogP contribution in [0, 0.1) is 20.2 Å². The molecule has 0 N–H and O–H groups in total. The van der Waals surface area contributed by atoms with Crippen LogP contribution in [-0.4, -0.2) is 46.3 Å². The molecule has 0 aliphatic carbocycles. The predicted molar refractivity (Wildman–Crippen MR) is 133 cm³/mol. The van der Waals surface area contributed by atoms with Crippen LogP contribution in [0.3, 0.4) is 0 Å². The lowest BCUT2D eigenvalue weighted by atomic mass is 10.2. The van der Waals surface area contributed by atoms with Gasteiger partial charge in [0, 0.05) is 48.7 Å². The second-order valence-electron chi connectivity index (χ2n) is 9.81. The molecule has 2 aromatic carbocycles. The summed E-state index contributed by atoms with van der Waals surface area (Å²) in [5, 5.41) is 22.1. The monoisotopic (exact) mass is 502 g/mol. The molecule has 0 spiro atoms. The number of nitrogens with zero attached hydrogens (tertiary/aromatic N) is 4. The Labute approximate surface area is 208 Å². The van der Waals surface area contributed by atoms with E-state index in [4.69, 9.17) is 9.47 Å². The summed E-state index contributed by atoms with van der Waals surface area (Å²) in [6, 6.07) is 10.7. The maximum Gasteiger partial charge on any atom is 0.414 e. The van der Waals surface area contributed by atoms with Crippen LogP contribution in [0.15, 0.2) is 48.5 Å². The van der Waals surface area contributed by atoms with Gasteiger partial charge >= 0.3 is 12.2 Å². The number of carbonyl (C=O) groups excluding carboxylic acids is 2. The molecule has 0 bridgehead atoms.